The molecule has 1 aromatic carbocycles. The summed E-state index contributed by atoms with van der Waals surface area (Å²) in [5.74, 6) is 0.921. The maximum Gasteiger partial charge on any atom is 0.292 e. The van der Waals surface area contributed by atoms with Crippen LogP contribution >= 0.6 is 0 Å². The lowest BCUT2D eigenvalue weighted by molar-refractivity contribution is -0.383. The Labute approximate surface area is 123 Å². The highest BCUT2D eigenvalue weighted by atomic mass is 16.6. The average molecular weight is 291 g/mol. The first kappa shape index (κ1) is 15.3. The molecular formula is C15H21N3O3. The van der Waals surface area contributed by atoms with Crippen LogP contribution in [0.1, 0.15) is 43.0 Å². The highest BCUT2D eigenvalue weighted by Gasteiger charge is 2.21. The Hall–Kier alpha value is -2.11. The molecule has 1 aliphatic rings. The molecule has 0 aliphatic heterocycles. The van der Waals surface area contributed by atoms with Gasteiger partial charge in [0.05, 0.1) is 10.5 Å². The predicted molar refractivity (Wildman–Crippen MR) is 81.0 cm³/mol. The minimum Gasteiger partial charge on any atom is -0.393 e. The van der Waals surface area contributed by atoms with Gasteiger partial charge in [-0.1, -0.05) is 25.8 Å². The molecule has 1 saturated carbocycles. The number of carbonyl (C=O) groups excluding carboxylic acids is 1. The highest BCUT2D eigenvalue weighted by Crippen LogP contribution is 2.28. The SMILES string of the molecule is CC1CCC(CNC(=O)c2cccc([N+](=O)[O-])c2N)CC1. The van der Waals surface area contributed by atoms with Crippen LogP contribution in [0.25, 0.3) is 0 Å². The summed E-state index contributed by atoms with van der Waals surface area (Å²) in [5.41, 5.74) is 5.58. The van der Waals surface area contributed by atoms with E-state index in [-0.39, 0.29) is 22.8 Å². The van der Waals surface area contributed by atoms with E-state index in [2.05, 4.69) is 12.2 Å². The van der Waals surface area contributed by atoms with Gasteiger partial charge in [0.25, 0.3) is 11.6 Å². The quantitative estimate of drug-likeness (QED) is 0.506. The summed E-state index contributed by atoms with van der Waals surface area (Å²) in [4.78, 5) is 22.4. The number of para-hydroxylation sites is 1. The van der Waals surface area contributed by atoms with E-state index in [1.807, 2.05) is 0 Å². The van der Waals surface area contributed by atoms with E-state index >= 15 is 0 Å². The topological polar surface area (TPSA) is 98.3 Å². The van der Waals surface area contributed by atoms with E-state index in [1.54, 1.807) is 0 Å². The second-order valence-corrected chi connectivity index (χ2v) is 5.83. The lowest BCUT2D eigenvalue weighted by Crippen LogP contribution is -2.31. The van der Waals surface area contributed by atoms with Gasteiger partial charge in [0, 0.05) is 12.6 Å². The molecule has 1 aliphatic carbocycles. The van der Waals surface area contributed by atoms with Gasteiger partial charge in [-0.05, 0) is 30.7 Å². The van der Waals surface area contributed by atoms with Crippen LogP contribution in [0.2, 0.25) is 0 Å². The van der Waals surface area contributed by atoms with Crippen LogP contribution in [-0.2, 0) is 0 Å². The van der Waals surface area contributed by atoms with Crippen LogP contribution < -0.4 is 11.1 Å². The zero-order valence-electron chi connectivity index (χ0n) is 12.2. The second kappa shape index (κ2) is 6.56. The van der Waals surface area contributed by atoms with E-state index in [0.717, 1.165) is 18.8 Å². The van der Waals surface area contributed by atoms with Crippen molar-refractivity contribution in [3.05, 3.63) is 33.9 Å². The molecule has 1 amide bonds. The zero-order valence-corrected chi connectivity index (χ0v) is 12.2. The van der Waals surface area contributed by atoms with Crippen molar-refractivity contribution in [1.29, 1.82) is 0 Å². The normalized spacial score (nSPS) is 21.8. The Morgan fingerprint density at radius 2 is 2.05 bits per heavy atom. The average Bonchev–Trinajstić information content (AvgIpc) is 2.46. The van der Waals surface area contributed by atoms with Gasteiger partial charge in [0.15, 0.2) is 0 Å². The van der Waals surface area contributed by atoms with Crippen molar-refractivity contribution >= 4 is 17.3 Å². The van der Waals surface area contributed by atoms with Crippen LogP contribution in [0.3, 0.4) is 0 Å². The number of hydrogen-bond donors (Lipinski definition) is 2. The first-order valence-electron chi connectivity index (χ1n) is 7.30. The van der Waals surface area contributed by atoms with Gasteiger partial charge in [0.1, 0.15) is 5.69 Å². The molecule has 0 heterocycles. The van der Waals surface area contributed by atoms with E-state index in [1.165, 1.54) is 31.0 Å². The Morgan fingerprint density at radius 1 is 1.38 bits per heavy atom. The fourth-order valence-electron chi connectivity index (χ4n) is 2.78. The standard InChI is InChI=1S/C15H21N3O3/c1-10-5-7-11(8-6-10)9-17-15(19)12-3-2-4-13(14(12)16)18(20)21/h2-4,10-11H,5-9,16H2,1H3,(H,17,19). The minimum atomic E-state index is -0.575. The third kappa shape index (κ3) is 3.71. The summed E-state index contributed by atoms with van der Waals surface area (Å²) >= 11 is 0. The van der Waals surface area contributed by atoms with E-state index in [4.69, 9.17) is 5.73 Å². The largest absolute Gasteiger partial charge is 0.393 e. The van der Waals surface area contributed by atoms with Crippen LogP contribution in [0.4, 0.5) is 11.4 Å². The Balaban J connectivity index is 1.97. The maximum absolute atomic E-state index is 12.1. The molecule has 1 fully saturated rings. The third-order valence-corrected chi connectivity index (χ3v) is 4.21. The van der Waals surface area contributed by atoms with Crippen LogP contribution in [0.5, 0.6) is 0 Å². The Morgan fingerprint density at radius 3 is 2.67 bits per heavy atom. The van der Waals surface area contributed by atoms with E-state index < -0.39 is 4.92 Å². The van der Waals surface area contributed by atoms with Crippen molar-refractivity contribution in [3.63, 3.8) is 0 Å². The lowest BCUT2D eigenvalue weighted by Gasteiger charge is -2.26. The van der Waals surface area contributed by atoms with Crippen molar-refractivity contribution in [2.24, 2.45) is 11.8 Å². The fraction of sp³-hybridized carbons (Fsp3) is 0.533. The zero-order chi connectivity index (χ0) is 15.4. The van der Waals surface area contributed by atoms with Gasteiger partial charge >= 0.3 is 0 Å². The van der Waals surface area contributed by atoms with Crippen LogP contribution in [0, 0.1) is 22.0 Å². The van der Waals surface area contributed by atoms with Gasteiger partial charge in [-0.25, -0.2) is 0 Å². The number of anilines is 1. The molecule has 1 aromatic rings. The van der Waals surface area contributed by atoms with Crippen molar-refractivity contribution in [2.45, 2.75) is 32.6 Å². The number of carbonyl (C=O) groups is 1. The number of rotatable bonds is 4. The van der Waals surface area contributed by atoms with E-state index in [0.29, 0.717) is 12.5 Å². The van der Waals surface area contributed by atoms with Crippen molar-refractivity contribution in [1.82, 2.24) is 5.32 Å². The Kier molecular flexibility index (Phi) is 4.77. The van der Waals surface area contributed by atoms with Gasteiger partial charge in [-0.15, -0.1) is 0 Å². The number of nitro groups is 1. The molecule has 6 heteroatoms. The van der Waals surface area contributed by atoms with Crippen molar-refractivity contribution in [3.8, 4) is 0 Å². The first-order chi connectivity index (χ1) is 9.99. The number of nitro benzene ring substituents is 1. The smallest absolute Gasteiger partial charge is 0.292 e. The number of nitrogens with zero attached hydrogens (tertiary/aromatic N) is 1. The lowest BCUT2D eigenvalue weighted by atomic mass is 9.83. The molecule has 0 unspecified atom stereocenters. The van der Waals surface area contributed by atoms with Crippen molar-refractivity contribution in [2.75, 3.05) is 12.3 Å². The molecule has 21 heavy (non-hydrogen) atoms. The predicted octanol–water partition coefficient (Wildman–Crippen LogP) is 2.73. The molecule has 3 N–H and O–H groups in total. The number of amides is 1. The number of nitrogens with one attached hydrogen (secondary N) is 1. The Bertz CT molecular complexity index is 537. The summed E-state index contributed by atoms with van der Waals surface area (Å²) in [6.45, 7) is 2.85. The fourth-order valence-corrected chi connectivity index (χ4v) is 2.78. The number of benzene rings is 1. The first-order valence-corrected chi connectivity index (χ1v) is 7.30. The minimum absolute atomic E-state index is 0.0720. The van der Waals surface area contributed by atoms with Crippen LogP contribution in [0.15, 0.2) is 18.2 Å². The summed E-state index contributed by atoms with van der Waals surface area (Å²) < 4.78 is 0. The highest BCUT2D eigenvalue weighted by molar-refractivity contribution is 6.00. The summed E-state index contributed by atoms with van der Waals surface area (Å²) in [6, 6.07) is 4.29. The maximum atomic E-state index is 12.1. The monoisotopic (exact) mass is 291 g/mol. The second-order valence-electron chi connectivity index (χ2n) is 5.83. The molecule has 2 rings (SSSR count). The summed E-state index contributed by atoms with van der Waals surface area (Å²) in [7, 11) is 0. The van der Waals surface area contributed by atoms with Gasteiger partial charge < -0.3 is 11.1 Å². The number of nitrogen functional groups attached to an aromatic ring is 1. The van der Waals surface area contributed by atoms with Gasteiger partial charge in [0.2, 0.25) is 0 Å². The molecule has 0 radical (unpaired) electrons. The van der Waals surface area contributed by atoms with E-state index in [9.17, 15) is 14.9 Å². The number of nitrogens with two attached hydrogens (primary N) is 1. The molecule has 0 aromatic heterocycles. The molecule has 0 spiro atoms. The molecule has 0 bridgehead atoms. The van der Waals surface area contributed by atoms with Crippen LogP contribution in [-0.4, -0.2) is 17.4 Å². The molecular weight excluding hydrogens is 270 g/mol. The molecule has 114 valence electrons. The molecule has 0 saturated heterocycles. The summed E-state index contributed by atoms with van der Waals surface area (Å²) in [5, 5.41) is 13.7. The third-order valence-electron chi connectivity index (χ3n) is 4.21. The molecule has 6 nitrogen and oxygen atoms in total. The van der Waals surface area contributed by atoms with Gasteiger partial charge in [-0.2, -0.15) is 0 Å². The van der Waals surface area contributed by atoms with Gasteiger partial charge in [-0.3, -0.25) is 14.9 Å². The summed E-state index contributed by atoms with van der Waals surface area (Å²) in [6.07, 6.45) is 4.62. The molecule has 0 atom stereocenters. The number of hydrogen-bond acceptors (Lipinski definition) is 4. The van der Waals surface area contributed by atoms with Crippen molar-refractivity contribution < 1.29 is 9.72 Å².